The largest absolute Gasteiger partial charge is 0.497 e. The minimum Gasteiger partial charge on any atom is -0.497 e. The lowest BCUT2D eigenvalue weighted by Crippen LogP contribution is -2.43. The fourth-order valence-corrected chi connectivity index (χ4v) is 3.77. The van der Waals surface area contributed by atoms with Crippen molar-refractivity contribution >= 4 is 17.6 Å². The van der Waals surface area contributed by atoms with Crippen LogP contribution in [-0.2, 0) is 4.79 Å². The summed E-state index contributed by atoms with van der Waals surface area (Å²) in [6, 6.07) is 16.2. The molecule has 0 aromatic heterocycles. The van der Waals surface area contributed by atoms with Crippen LogP contribution in [0.2, 0.25) is 0 Å². The average Bonchev–Trinajstić information content (AvgIpc) is 2.75. The zero-order chi connectivity index (χ0) is 21.5. The number of guanidine groups is 1. The first-order valence-corrected chi connectivity index (χ1v) is 10.2. The molecule has 0 aliphatic carbocycles. The van der Waals surface area contributed by atoms with Crippen LogP contribution < -0.4 is 20.7 Å². The van der Waals surface area contributed by atoms with Crippen molar-refractivity contribution in [3.05, 3.63) is 59.7 Å². The summed E-state index contributed by atoms with van der Waals surface area (Å²) in [5.41, 5.74) is 3.22. The first kappa shape index (κ1) is 21.6. The van der Waals surface area contributed by atoms with Gasteiger partial charge in [0.05, 0.1) is 13.2 Å². The lowest BCUT2D eigenvalue weighted by Gasteiger charge is -2.28. The molecule has 0 saturated heterocycles. The molecule has 2 aromatic rings. The summed E-state index contributed by atoms with van der Waals surface area (Å²) in [4.78, 5) is 18.6. The smallest absolute Gasteiger partial charge is 0.225 e. The Morgan fingerprint density at radius 2 is 2.03 bits per heavy atom. The molecule has 160 valence electrons. The number of nitrogens with zero attached hydrogens (tertiary/aromatic N) is 2. The molecule has 0 fully saturated rings. The summed E-state index contributed by atoms with van der Waals surface area (Å²) < 4.78 is 5.37. The second-order valence-electron chi connectivity index (χ2n) is 7.63. The monoisotopic (exact) mass is 409 g/mol. The Balaban J connectivity index is 1.62. The average molecular weight is 410 g/mol. The van der Waals surface area contributed by atoms with Crippen LogP contribution in [0.25, 0.3) is 0 Å². The molecular weight excluding hydrogens is 378 g/mol. The minimum absolute atomic E-state index is 0.0501. The summed E-state index contributed by atoms with van der Waals surface area (Å²) in [7, 11) is 7.55. The number of hydrogen-bond acceptors (Lipinski definition) is 4. The van der Waals surface area contributed by atoms with E-state index >= 15 is 0 Å². The standard InChI is InChI=1S/C23H31N5O2/c1-24-23(25-14-17-13-22(29)27-20-11-6-5-10-19(17)20)26-15-21(28(2)3)16-8-7-9-18(12-16)30-4/h5-12,17,21H,13-15H2,1-4H3,(H,27,29)(H2,24,25,26). The number of likely N-dealkylation sites (N-methyl/N-ethyl adjacent to an activating group) is 1. The van der Waals surface area contributed by atoms with Crippen molar-refractivity contribution in [3.8, 4) is 5.75 Å². The summed E-state index contributed by atoms with van der Waals surface area (Å²) in [5, 5.41) is 9.75. The number of fused-ring (bicyclic) bond motifs is 1. The lowest BCUT2D eigenvalue weighted by molar-refractivity contribution is -0.116. The molecule has 0 bridgehead atoms. The van der Waals surface area contributed by atoms with Crippen LogP contribution in [0.1, 0.15) is 29.5 Å². The van der Waals surface area contributed by atoms with Crippen LogP contribution >= 0.6 is 0 Å². The molecule has 7 heteroatoms. The highest BCUT2D eigenvalue weighted by Gasteiger charge is 2.25. The zero-order valence-electron chi connectivity index (χ0n) is 18.1. The van der Waals surface area contributed by atoms with Gasteiger partial charge in [0.2, 0.25) is 5.91 Å². The van der Waals surface area contributed by atoms with E-state index in [4.69, 9.17) is 4.74 Å². The van der Waals surface area contributed by atoms with E-state index in [0.717, 1.165) is 17.0 Å². The lowest BCUT2D eigenvalue weighted by atomic mass is 9.90. The quantitative estimate of drug-likeness (QED) is 0.484. The third kappa shape index (κ3) is 5.30. The predicted octanol–water partition coefficient (Wildman–Crippen LogP) is 2.59. The van der Waals surface area contributed by atoms with E-state index in [1.165, 1.54) is 5.56 Å². The number of carbonyl (C=O) groups excluding carboxylic acids is 1. The van der Waals surface area contributed by atoms with Gasteiger partial charge in [0.25, 0.3) is 0 Å². The van der Waals surface area contributed by atoms with Crippen molar-refractivity contribution in [2.24, 2.45) is 4.99 Å². The number of ether oxygens (including phenoxy) is 1. The number of aliphatic imine (C=N–C) groups is 1. The Bertz CT molecular complexity index is 897. The highest BCUT2D eigenvalue weighted by atomic mass is 16.5. The number of anilines is 1. The molecule has 2 atom stereocenters. The van der Waals surface area contributed by atoms with Crippen LogP contribution in [-0.4, -0.2) is 58.1 Å². The molecule has 2 aromatic carbocycles. The Morgan fingerprint density at radius 3 is 2.77 bits per heavy atom. The number of hydrogen-bond donors (Lipinski definition) is 3. The molecule has 2 unspecified atom stereocenters. The Labute approximate surface area is 178 Å². The van der Waals surface area contributed by atoms with Crippen molar-refractivity contribution in [1.82, 2.24) is 15.5 Å². The van der Waals surface area contributed by atoms with Gasteiger partial charge in [0.1, 0.15) is 5.75 Å². The predicted molar refractivity (Wildman–Crippen MR) is 121 cm³/mol. The maximum atomic E-state index is 12.0. The molecule has 1 amide bonds. The van der Waals surface area contributed by atoms with Crippen LogP contribution in [0, 0.1) is 0 Å². The maximum absolute atomic E-state index is 12.0. The molecule has 3 N–H and O–H groups in total. The molecule has 7 nitrogen and oxygen atoms in total. The summed E-state index contributed by atoms with van der Waals surface area (Å²) in [6.45, 7) is 1.32. The number of carbonyl (C=O) groups is 1. The van der Waals surface area contributed by atoms with Gasteiger partial charge in [-0.3, -0.25) is 9.79 Å². The molecule has 0 radical (unpaired) electrons. The number of benzene rings is 2. The number of amides is 1. The third-order valence-corrected chi connectivity index (χ3v) is 5.41. The number of nitrogens with one attached hydrogen (secondary N) is 3. The normalized spacial score (nSPS) is 17.2. The Hall–Kier alpha value is -3.06. The van der Waals surface area contributed by atoms with E-state index < -0.39 is 0 Å². The molecule has 30 heavy (non-hydrogen) atoms. The van der Waals surface area contributed by atoms with Crippen LogP contribution in [0.3, 0.4) is 0 Å². The zero-order valence-corrected chi connectivity index (χ0v) is 18.1. The van der Waals surface area contributed by atoms with E-state index in [9.17, 15) is 4.79 Å². The topological polar surface area (TPSA) is 78.0 Å². The van der Waals surface area contributed by atoms with Gasteiger partial charge in [-0.15, -0.1) is 0 Å². The van der Waals surface area contributed by atoms with Gasteiger partial charge in [0.15, 0.2) is 5.96 Å². The van der Waals surface area contributed by atoms with Gasteiger partial charge in [0, 0.05) is 38.2 Å². The van der Waals surface area contributed by atoms with Gasteiger partial charge in [-0.05, 0) is 43.4 Å². The van der Waals surface area contributed by atoms with Crippen molar-refractivity contribution < 1.29 is 9.53 Å². The SMILES string of the molecule is CN=C(NCC1CC(=O)Nc2ccccc21)NCC(c1cccc(OC)c1)N(C)C. The van der Waals surface area contributed by atoms with Gasteiger partial charge in [-0.2, -0.15) is 0 Å². The molecule has 0 spiro atoms. The van der Waals surface area contributed by atoms with Gasteiger partial charge >= 0.3 is 0 Å². The minimum atomic E-state index is 0.0501. The molecule has 3 rings (SSSR count). The van der Waals surface area contributed by atoms with E-state index in [-0.39, 0.29) is 17.9 Å². The number of methoxy groups -OCH3 is 1. The third-order valence-electron chi connectivity index (χ3n) is 5.41. The van der Waals surface area contributed by atoms with Crippen molar-refractivity contribution in [1.29, 1.82) is 0 Å². The fraction of sp³-hybridized carbons (Fsp3) is 0.391. The second kappa shape index (κ2) is 10.1. The summed E-state index contributed by atoms with van der Waals surface area (Å²) in [6.07, 6.45) is 0.463. The number of para-hydroxylation sites is 1. The molecule has 1 aliphatic heterocycles. The molecule has 1 aliphatic rings. The van der Waals surface area contributed by atoms with Crippen LogP contribution in [0.4, 0.5) is 5.69 Å². The van der Waals surface area contributed by atoms with Crippen molar-refractivity contribution in [2.75, 3.05) is 46.7 Å². The summed E-state index contributed by atoms with van der Waals surface area (Å²) in [5.74, 6) is 1.72. The first-order valence-electron chi connectivity index (χ1n) is 10.2. The molecule has 1 heterocycles. The van der Waals surface area contributed by atoms with Crippen LogP contribution in [0.15, 0.2) is 53.5 Å². The van der Waals surface area contributed by atoms with Crippen molar-refractivity contribution in [3.63, 3.8) is 0 Å². The first-order chi connectivity index (χ1) is 14.5. The Morgan fingerprint density at radius 1 is 1.23 bits per heavy atom. The van der Waals surface area contributed by atoms with E-state index in [1.807, 2.05) is 30.3 Å². The molecule has 0 saturated carbocycles. The highest BCUT2D eigenvalue weighted by molar-refractivity contribution is 5.94. The van der Waals surface area contributed by atoms with E-state index in [2.05, 4.69) is 58.1 Å². The maximum Gasteiger partial charge on any atom is 0.225 e. The Kier molecular flexibility index (Phi) is 7.30. The van der Waals surface area contributed by atoms with E-state index in [0.29, 0.717) is 25.5 Å². The number of rotatable bonds is 7. The van der Waals surface area contributed by atoms with Crippen molar-refractivity contribution in [2.45, 2.75) is 18.4 Å². The highest BCUT2D eigenvalue weighted by Crippen LogP contribution is 2.31. The van der Waals surface area contributed by atoms with Gasteiger partial charge in [-0.25, -0.2) is 0 Å². The van der Waals surface area contributed by atoms with Gasteiger partial charge < -0.3 is 25.6 Å². The van der Waals surface area contributed by atoms with Gasteiger partial charge in [-0.1, -0.05) is 30.3 Å². The molecular formula is C23H31N5O2. The second-order valence-corrected chi connectivity index (χ2v) is 7.63. The summed E-state index contributed by atoms with van der Waals surface area (Å²) >= 11 is 0. The van der Waals surface area contributed by atoms with Crippen LogP contribution in [0.5, 0.6) is 5.75 Å². The van der Waals surface area contributed by atoms with E-state index in [1.54, 1.807) is 14.2 Å². The fourth-order valence-electron chi connectivity index (χ4n) is 3.77.